The summed E-state index contributed by atoms with van der Waals surface area (Å²) in [6, 6.07) is 0. The molecular formula is C16H27N3O2. The lowest BCUT2D eigenvalue weighted by atomic mass is 9.99. The van der Waals surface area contributed by atoms with Crippen molar-refractivity contribution >= 4 is 5.91 Å². The lowest BCUT2D eigenvalue weighted by Gasteiger charge is -2.23. The Kier molecular flexibility index (Phi) is 5.79. The van der Waals surface area contributed by atoms with Crippen LogP contribution in [0.25, 0.3) is 0 Å². The molecular weight excluding hydrogens is 266 g/mol. The Labute approximate surface area is 127 Å². The second-order valence-electron chi connectivity index (χ2n) is 6.24. The monoisotopic (exact) mass is 293 g/mol. The minimum atomic E-state index is 0.135. The Morgan fingerprint density at radius 2 is 2.19 bits per heavy atom. The smallest absolute Gasteiger partial charge is 0.220 e. The van der Waals surface area contributed by atoms with Crippen molar-refractivity contribution < 1.29 is 9.53 Å². The van der Waals surface area contributed by atoms with Crippen molar-refractivity contribution in [1.29, 1.82) is 0 Å². The van der Waals surface area contributed by atoms with Crippen LogP contribution in [-0.4, -0.2) is 35.2 Å². The van der Waals surface area contributed by atoms with Gasteiger partial charge in [0.2, 0.25) is 5.91 Å². The molecule has 5 heteroatoms. The van der Waals surface area contributed by atoms with Gasteiger partial charge in [0.1, 0.15) is 5.82 Å². The lowest BCUT2D eigenvalue weighted by molar-refractivity contribution is -0.121. The molecule has 0 bridgehead atoms. The number of amides is 1. The molecule has 1 aliphatic rings. The maximum Gasteiger partial charge on any atom is 0.220 e. The summed E-state index contributed by atoms with van der Waals surface area (Å²) in [6.07, 6.45) is 4.60. The number of ether oxygens (including phenoxy) is 1. The molecule has 1 fully saturated rings. The van der Waals surface area contributed by atoms with Gasteiger partial charge in [-0.2, -0.15) is 0 Å². The molecule has 1 aliphatic heterocycles. The van der Waals surface area contributed by atoms with E-state index in [9.17, 15) is 4.79 Å². The first-order chi connectivity index (χ1) is 10.1. The molecule has 0 atom stereocenters. The normalized spacial score (nSPS) is 16.4. The van der Waals surface area contributed by atoms with E-state index in [4.69, 9.17) is 4.74 Å². The Balaban J connectivity index is 1.90. The third kappa shape index (κ3) is 4.56. The molecule has 1 N–H and O–H groups in total. The second-order valence-corrected chi connectivity index (χ2v) is 6.24. The van der Waals surface area contributed by atoms with Crippen LogP contribution in [0.2, 0.25) is 0 Å². The number of rotatable bonds is 6. The summed E-state index contributed by atoms with van der Waals surface area (Å²) in [5, 5.41) is 3.00. The highest BCUT2D eigenvalue weighted by atomic mass is 16.5. The first-order valence-electron chi connectivity index (χ1n) is 7.94. The number of carbonyl (C=O) groups is 1. The molecule has 0 unspecified atom stereocenters. The zero-order valence-corrected chi connectivity index (χ0v) is 13.4. The molecule has 21 heavy (non-hydrogen) atoms. The quantitative estimate of drug-likeness (QED) is 0.875. The van der Waals surface area contributed by atoms with Gasteiger partial charge in [-0.15, -0.1) is 0 Å². The summed E-state index contributed by atoms with van der Waals surface area (Å²) in [5.41, 5.74) is 1.16. The zero-order chi connectivity index (χ0) is 15.2. The molecule has 2 heterocycles. The highest BCUT2D eigenvalue weighted by Crippen LogP contribution is 2.26. The molecule has 0 radical (unpaired) electrons. The van der Waals surface area contributed by atoms with Crippen molar-refractivity contribution in [2.45, 2.75) is 52.5 Å². The highest BCUT2D eigenvalue weighted by Gasteiger charge is 2.21. The molecule has 0 aliphatic carbocycles. The van der Waals surface area contributed by atoms with Crippen molar-refractivity contribution in [3.63, 3.8) is 0 Å². The fourth-order valence-electron chi connectivity index (χ4n) is 2.80. The minimum Gasteiger partial charge on any atom is -0.381 e. The number of hydrogen-bond acceptors (Lipinski definition) is 3. The Bertz CT molecular complexity index is 462. The summed E-state index contributed by atoms with van der Waals surface area (Å²) >= 11 is 0. The van der Waals surface area contributed by atoms with E-state index in [1.165, 1.54) is 0 Å². The molecule has 1 aromatic rings. The van der Waals surface area contributed by atoms with Gasteiger partial charge < -0.3 is 14.6 Å². The van der Waals surface area contributed by atoms with Gasteiger partial charge in [-0.25, -0.2) is 4.98 Å². The van der Waals surface area contributed by atoms with Gasteiger partial charge in [-0.3, -0.25) is 4.79 Å². The predicted molar refractivity (Wildman–Crippen MR) is 82.2 cm³/mol. The number of nitrogens with one attached hydrogen (secondary N) is 1. The first-order valence-corrected chi connectivity index (χ1v) is 7.94. The largest absolute Gasteiger partial charge is 0.381 e. The maximum atomic E-state index is 11.7. The van der Waals surface area contributed by atoms with E-state index >= 15 is 0 Å². The molecule has 0 saturated carbocycles. The maximum absolute atomic E-state index is 11.7. The van der Waals surface area contributed by atoms with E-state index in [0.717, 1.165) is 44.1 Å². The highest BCUT2D eigenvalue weighted by molar-refractivity contribution is 5.75. The number of nitrogens with zero attached hydrogens (tertiary/aromatic N) is 2. The van der Waals surface area contributed by atoms with Gasteiger partial charge in [0.15, 0.2) is 0 Å². The molecule has 0 spiro atoms. The van der Waals surface area contributed by atoms with Crippen LogP contribution in [0.1, 0.15) is 50.5 Å². The lowest BCUT2D eigenvalue weighted by Crippen LogP contribution is -2.29. The van der Waals surface area contributed by atoms with Gasteiger partial charge in [-0.1, -0.05) is 13.8 Å². The first kappa shape index (κ1) is 16.0. The van der Waals surface area contributed by atoms with Crippen LogP contribution in [0, 0.1) is 12.8 Å². The average molecular weight is 293 g/mol. The van der Waals surface area contributed by atoms with Crippen molar-refractivity contribution in [2.24, 2.45) is 5.92 Å². The van der Waals surface area contributed by atoms with E-state index in [2.05, 4.69) is 35.6 Å². The third-order valence-corrected chi connectivity index (χ3v) is 3.92. The van der Waals surface area contributed by atoms with Gasteiger partial charge in [-0.05, 0) is 25.7 Å². The Morgan fingerprint density at radius 3 is 2.86 bits per heavy atom. The van der Waals surface area contributed by atoms with Gasteiger partial charge in [0.25, 0.3) is 0 Å². The zero-order valence-electron chi connectivity index (χ0n) is 13.4. The van der Waals surface area contributed by atoms with E-state index < -0.39 is 0 Å². The van der Waals surface area contributed by atoms with Crippen LogP contribution in [-0.2, 0) is 16.1 Å². The number of carbonyl (C=O) groups excluding carboxylic acids is 1. The molecule has 1 saturated heterocycles. The summed E-state index contributed by atoms with van der Waals surface area (Å²) in [6.45, 7) is 9.29. The topological polar surface area (TPSA) is 56.1 Å². The van der Waals surface area contributed by atoms with Crippen molar-refractivity contribution in [3.8, 4) is 0 Å². The van der Waals surface area contributed by atoms with Crippen LogP contribution in [0.3, 0.4) is 0 Å². The average Bonchev–Trinajstić information content (AvgIpc) is 2.80. The van der Waals surface area contributed by atoms with Gasteiger partial charge in [0, 0.05) is 50.5 Å². The summed E-state index contributed by atoms with van der Waals surface area (Å²) < 4.78 is 7.67. The van der Waals surface area contributed by atoms with Crippen LogP contribution in [0.5, 0.6) is 0 Å². The van der Waals surface area contributed by atoms with E-state index in [0.29, 0.717) is 24.8 Å². The molecule has 1 aromatic heterocycles. The molecule has 0 aromatic carbocycles. The summed E-state index contributed by atoms with van der Waals surface area (Å²) in [5.74, 6) is 2.17. The van der Waals surface area contributed by atoms with Crippen molar-refractivity contribution in [1.82, 2.24) is 14.9 Å². The Hall–Kier alpha value is -1.36. The van der Waals surface area contributed by atoms with Crippen LogP contribution in [0.4, 0.5) is 0 Å². The molecule has 2 rings (SSSR count). The standard InChI is InChI=1S/C16H27N3O2/c1-12(2)10-15(20)17-6-7-19-13(3)11-18-16(19)14-4-8-21-9-5-14/h11-12,14H,4-10H2,1-3H3,(H,17,20). The van der Waals surface area contributed by atoms with E-state index in [1.54, 1.807) is 0 Å². The SMILES string of the molecule is Cc1cnc(C2CCOCC2)n1CCNC(=O)CC(C)C. The summed E-state index contributed by atoms with van der Waals surface area (Å²) in [4.78, 5) is 16.3. The van der Waals surface area contributed by atoms with Gasteiger partial charge in [0.05, 0.1) is 0 Å². The Morgan fingerprint density at radius 1 is 1.48 bits per heavy atom. The fourth-order valence-corrected chi connectivity index (χ4v) is 2.80. The predicted octanol–water partition coefficient (Wildman–Crippen LogP) is 2.25. The van der Waals surface area contributed by atoms with Crippen LogP contribution in [0.15, 0.2) is 6.20 Å². The molecule has 1 amide bonds. The van der Waals surface area contributed by atoms with Crippen molar-refractivity contribution in [3.05, 3.63) is 17.7 Å². The number of aryl methyl sites for hydroxylation is 1. The fraction of sp³-hybridized carbons (Fsp3) is 0.750. The number of imidazole rings is 1. The van der Waals surface area contributed by atoms with E-state index in [1.807, 2.05) is 6.20 Å². The van der Waals surface area contributed by atoms with Crippen molar-refractivity contribution in [2.75, 3.05) is 19.8 Å². The molecule has 118 valence electrons. The third-order valence-electron chi connectivity index (χ3n) is 3.92. The van der Waals surface area contributed by atoms with E-state index in [-0.39, 0.29) is 5.91 Å². The van der Waals surface area contributed by atoms with Gasteiger partial charge >= 0.3 is 0 Å². The van der Waals surface area contributed by atoms with Crippen LogP contribution < -0.4 is 5.32 Å². The van der Waals surface area contributed by atoms with Crippen LogP contribution >= 0.6 is 0 Å². The minimum absolute atomic E-state index is 0.135. The second kappa shape index (κ2) is 7.59. The molecule has 5 nitrogen and oxygen atoms in total. The summed E-state index contributed by atoms with van der Waals surface area (Å²) in [7, 11) is 0. The number of hydrogen-bond donors (Lipinski definition) is 1. The number of aromatic nitrogens is 2.